The van der Waals surface area contributed by atoms with Crippen LogP contribution in [-0.2, 0) is 13.6 Å². The number of likely N-dealkylation sites (tertiary alicyclic amines) is 1. The van der Waals surface area contributed by atoms with Gasteiger partial charge in [0.1, 0.15) is 12.4 Å². The molecule has 2 aliphatic rings. The van der Waals surface area contributed by atoms with Gasteiger partial charge in [0.2, 0.25) is 0 Å². The first-order chi connectivity index (χ1) is 11.6. The van der Waals surface area contributed by atoms with Crippen LogP contribution in [-0.4, -0.2) is 45.3 Å². The molecule has 0 amide bonds. The number of aryl methyl sites for hydroxylation is 1. The summed E-state index contributed by atoms with van der Waals surface area (Å²) in [5.41, 5.74) is 0.524. The third-order valence-corrected chi connectivity index (χ3v) is 5.61. The van der Waals surface area contributed by atoms with Crippen LogP contribution >= 0.6 is 0 Å². The number of guanidine groups is 1. The maximum atomic E-state index is 4.83. The highest BCUT2D eigenvalue weighted by atomic mass is 15.3. The largest absolute Gasteiger partial charge is 0.353 e. The van der Waals surface area contributed by atoms with E-state index in [1.165, 1.54) is 38.5 Å². The first kappa shape index (κ1) is 17.0. The van der Waals surface area contributed by atoms with Gasteiger partial charge in [-0.25, -0.2) is 4.99 Å². The van der Waals surface area contributed by atoms with Crippen molar-refractivity contribution >= 4 is 5.96 Å². The molecule has 0 aromatic carbocycles. The summed E-state index contributed by atoms with van der Waals surface area (Å²) in [7, 11) is 1.99. The molecule has 2 fully saturated rings. The molecule has 0 atom stereocenters. The average molecular weight is 330 g/mol. The van der Waals surface area contributed by atoms with E-state index in [2.05, 4.69) is 27.0 Å². The van der Waals surface area contributed by atoms with Crippen molar-refractivity contribution in [2.75, 3.05) is 19.6 Å². The number of hydrogen-bond donors (Lipinski definition) is 1. The van der Waals surface area contributed by atoms with Gasteiger partial charge in [-0.05, 0) is 31.6 Å². The smallest absolute Gasteiger partial charge is 0.194 e. The van der Waals surface area contributed by atoms with Crippen LogP contribution in [0.3, 0.4) is 0 Å². The van der Waals surface area contributed by atoms with Crippen molar-refractivity contribution in [2.45, 2.75) is 52.0 Å². The van der Waals surface area contributed by atoms with Crippen LogP contribution in [0, 0.1) is 12.3 Å². The lowest BCUT2D eigenvalue weighted by molar-refractivity contribution is 0.203. The standard InChI is InChI=1S/C18H30N6/c1-4-11-19-17(20-13-16-22-21-15(2)23(16)3)24-12-10-18(14-24)8-6-5-7-9-18/h4H,1,5-14H2,2-3H3,(H,19,20). The molecule has 1 aliphatic heterocycles. The van der Waals surface area contributed by atoms with Crippen LogP contribution in [0.4, 0.5) is 0 Å². The van der Waals surface area contributed by atoms with E-state index in [1.54, 1.807) is 0 Å². The number of nitrogens with one attached hydrogen (secondary N) is 1. The van der Waals surface area contributed by atoms with Crippen molar-refractivity contribution in [1.29, 1.82) is 0 Å². The maximum absolute atomic E-state index is 4.83. The Labute approximate surface area is 145 Å². The van der Waals surface area contributed by atoms with Crippen molar-refractivity contribution in [2.24, 2.45) is 17.5 Å². The molecule has 2 heterocycles. The van der Waals surface area contributed by atoms with Crippen LogP contribution in [0.1, 0.15) is 50.2 Å². The lowest BCUT2D eigenvalue weighted by Gasteiger charge is -2.33. The second-order valence-electron chi connectivity index (χ2n) is 7.26. The Morgan fingerprint density at radius 1 is 1.29 bits per heavy atom. The van der Waals surface area contributed by atoms with E-state index in [4.69, 9.17) is 4.99 Å². The van der Waals surface area contributed by atoms with Gasteiger partial charge in [-0.3, -0.25) is 0 Å². The van der Waals surface area contributed by atoms with Crippen molar-refractivity contribution < 1.29 is 0 Å². The summed E-state index contributed by atoms with van der Waals surface area (Å²) in [4.78, 5) is 7.25. The molecule has 3 rings (SSSR count). The molecule has 0 bridgehead atoms. The zero-order valence-electron chi connectivity index (χ0n) is 15.1. The van der Waals surface area contributed by atoms with Gasteiger partial charge in [0.05, 0.1) is 0 Å². The molecule has 1 spiro atoms. The Hall–Kier alpha value is -1.85. The normalized spacial score (nSPS) is 20.6. The summed E-state index contributed by atoms with van der Waals surface area (Å²) in [5, 5.41) is 11.8. The molecule has 6 heteroatoms. The second kappa shape index (κ2) is 7.36. The number of hydrogen-bond acceptors (Lipinski definition) is 3. The Morgan fingerprint density at radius 3 is 2.75 bits per heavy atom. The van der Waals surface area contributed by atoms with Gasteiger partial charge in [-0.2, -0.15) is 0 Å². The summed E-state index contributed by atoms with van der Waals surface area (Å²) < 4.78 is 2.00. The Morgan fingerprint density at radius 2 is 2.08 bits per heavy atom. The third-order valence-electron chi connectivity index (χ3n) is 5.61. The van der Waals surface area contributed by atoms with E-state index >= 15 is 0 Å². The Balaban J connectivity index is 1.70. The van der Waals surface area contributed by atoms with Crippen LogP contribution in [0.2, 0.25) is 0 Å². The number of aliphatic imine (C=N–C) groups is 1. The fourth-order valence-corrected chi connectivity index (χ4v) is 3.99. The van der Waals surface area contributed by atoms with Gasteiger partial charge in [0.25, 0.3) is 0 Å². The van der Waals surface area contributed by atoms with E-state index in [0.29, 0.717) is 12.0 Å². The minimum absolute atomic E-state index is 0.524. The fraction of sp³-hybridized carbons (Fsp3) is 0.722. The van der Waals surface area contributed by atoms with Crippen LogP contribution < -0.4 is 5.32 Å². The number of nitrogens with zero attached hydrogens (tertiary/aromatic N) is 5. The minimum Gasteiger partial charge on any atom is -0.353 e. The quantitative estimate of drug-likeness (QED) is 0.523. The zero-order valence-corrected chi connectivity index (χ0v) is 15.1. The fourth-order valence-electron chi connectivity index (χ4n) is 3.99. The van der Waals surface area contributed by atoms with Crippen molar-refractivity contribution in [3.8, 4) is 0 Å². The highest BCUT2D eigenvalue weighted by Gasteiger charge is 2.39. The average Bonchev–Trinajstić information content (AvgIpc) is 3.14. The molecule has 1 saturated carbocycles. The highest BCUT2D eigenvalue weighted by molar-refractivity contribution is 5.80. The summed E-state index contributed by atoms with van der Waals surface area (Å²) >= 11 is 0. The number of rotatable bonds is 4. The molecule has 24 heavy (non-hydrogen) atoms. The molecule has 1 aromatic heterocycles. The molecule has 1 N–H and O–H groups in total. The Bertz CT molecular complexity index is 597. The first-order valence-corrected chi connectivity index (χ1v) is 9.13. The van der Waals surface area contributed by atoms with E-state index in [9.17, 15) is 0 Å². The topological polar surface area (TPSA) is 58.3 Å². The van der Waals surface area contributed by atoms with Crippen LogP contribution in [0.5, 0.6) is 0 Å². The molecule has 1 aliphatic carbocycles. The summed E-state index contributed by atoms with van der Waals surface area (Å²) in [6.45, 7) is 9.30. The summed E-state index contributed by atoms with van der Waals surface area (Å²) in [6.07, 6.45) is 10.1. The van der Waals surface area contributed by atoms with E-state index in [0.717, 1.165) is 37.2 Å². The SMILES string of the molecule is C=CCNC(=NCc1nnc(C)n1C)N1CCC2(CCCCC2)C1. The lowest BCUT2D eigenvalue weighted by Crippen LogP contribution is -2.41. The van der Waals surface area contributed by atoms with Crippen LogP contribution in [0.15, 0.2) is 17.6 Å². The lowest BCUT2D eigenvalue weighted by atomic mass is 9.73. The van der Waals surface area contributed by atoms with Gasteiger partial charge >= 0.3 is 0 Å². The maximum Gasteiger partial charge on any atom is 0.194 e. The molecule has 1 saturated heterocycles. The Kier molecular flexibility index (Phi) is 5.21. The second-order valence-corrected chi connectivity index (χ2v) is 7.26. The molecular formula is C18H30N6. The molecule has 0 radical (unpaired) electrons. The van der Waals surface area contributed by atoms with Gasteiger partial charge in [0, 0.05) is 26.7 Å². The molecule has 1 aromatic rings. The van der Waals surface area contributed by atoms with Gasteiger partial charge < -0.3 is 14.8 Å². The predicted octanol–water partition coefficient (Wildman–Crippen LogP) is 2.41. The third kappa shape index (κ3) is 3.62. The van der Waals surface area contributed by atoms with E-state index < -0.39 is 0 Å². The number of aromatic nitrogens is 3. The van der Waals surface area contributed by atoms with Crippen molar-refractivity contribution in [1.82, 2.24) is 25.0 Å². The predicted molar refractivity (Wildman–Crippen MR) is 96.8 cm³/mol. The summed E-state index contributed by atoms with van der Waals surface area (Å²) in [5.74, 6) is 2.80. The molecule has 0 unspecified atom stereocenters. The van der Waals surface area contributed by atoms with Gasteiger partial charge in [0.15, 0.2) is 11.8 Å². The molecule has 6 nitrogen and oxygen atoms in total. The summed E-state index contributed by atoms with van der Waals surface area (Å²) in [6, 6.07) is 0. The highest BCUT2D eigenvalue weighted by Crippen LogP contribution is 2.43. The van der Waals surface area contributed by atoms with Crippen molar-refractivity contribution in [3.63, 3.8) is 0 Å². The van der Waals surface area contributed by atoms with Crippen LogP contribution in [0.25, 0.3) is 0 Å². The minimum atomic E-state index is 0.524. The van der Waals surface area contributed by atoms with E-state index in [-0.39, 0.29) is 0 Å². The zero-order chi connectivity index (χ0) is 17.0. The first-order valence-electron chi connectivity index (χ1n) is 9.13. The van der Waals surface area contributed by atoms with Gasteiger partial charge in [-0.1, -0.05) is 25.3 Å². The van der Waals surface area contributed by atoms with E-state index in [1.807, 2.05) is 24.6 Å². The van der Waals surface area contributed by atoms with Crippen molar-refractivity contribution in [3.05, 3.63) is 24.3 Å². The van der Waals surface area contributed by atoms with Gasteiger partial charge in [-0.15, -0.1) is 16.8 Å². The monoisotopic (exact) mass is 330 g/mol. The molecule has 132 valence electrons. The molecular weight excluding hydrogens is 300 g/mol.